The van der Waals surface area contributed by atoms with E-state index in [0.29, 0.717) is 10.8 Å². The van der Waals surface area contributed by atoms with Gasteiger partial charge in [-0.1, -0.05) is 41.4 Å². The van der Waals surface area contributed by atoms with Crippen LogP contribution in [-0.2, 0) is 12.8 Å². The molecule has 2 heterocycles. The van der Waals surface area contributed by atoms with E-state index in [9.17, 15) is 0 Å². The molecule has 108 valence electrons. The van der Waals surface area contributed by atoms with Gasteiger partial charge in [-0.25, -0.2) is 4.98 Å². The average Bonchev–Trinajstić information content (AvgIpc) is 2.89. The lowest BCUT2D eigenvalue weighted by atomic mass is 10.1. The maximum atomic E-state index is 6.15. The van der Waals surface area contributed by atoms with Crippen LogP contribution < -0.4 is 0 Å². The van der Waals surface area contributed by atoms with Gasteiger partial charge in [-0.05, 0) is 32.8 Å². The summed E-state index contributed by atoms with van der Waals surface area (Å²) in [5.74, 6) is 0.926. The monoisotopic (exact) mass is 300 g/mol. The van der Waals surface area contributed by atoms with Gasteiger partial charge in [0.15, 0.2) is 10.8 Å². The lowest BCUT2D eigenvalue weighted by Gasteiger charge is -2.07. The molecular weight excluding hydrogens is 284 g/mol. The van der Waals surface area contributed by atoms with Gasteiger partial charge in [0, 0.05) is 12.1 Å². The highest BCUT2D eigenvalue weighted by Crippen LogP contribution is 2.19. The summed E-state index contributed by atoms with van der Waals surface area (Å²) in [6, 6.07) is 8.58. The molecule has 0 amide bonds. The maximum Gasteiger partial charge on any atom is 0.198 e. The summed E-state index contributed by atoms with van der Waals surface area (Å²) < 4.78 is 2.01. The fraction of sp³-hybridized carbons (Fsp3) is 0.312. The quantitative estimate of drug-likeness (QED) is 0.743. The Balaban J connectivity index is 1.92. The third kappa shape index (κ3) is 2.63. The zero-order chi connectivity index (χ0) is 15.0. The van der Waals surface area contributed by atoms with Crippen LogP contribution in [0.15, 0.2) is 24.3 Å². The third-order valence-corrected chi connectivity index (χ3v) is 4.05. The Hall–Kier alpha value is -1.94. The smallest absolute Gasteiger partial charge is 0.198 e. The summed E-state index contributed by atoms with van der Waals surface area (Å²) in [4.78, 5) is 4.28. The van der Waals surface area contributed by atoms with Gasteiger partial charge in [-0.2, -0.15) is 0 Å². The van der Waals surface area contributed by atoms with Crippen LogP contribution in [0.4, 0.5) is 0 Å². The molecular formula is C16H17ClN4. The molecule has 0 spiro atoms. The van der Waals surface area contributed by atoms with Crippen molar-refractivity contribution < 1.29 is 0 Å². The Morgan fingerprint density at radius 1 is 1.00 bits per heavy atom. The van der Waals surface area contributed by atoms with Gasteiger partial charge in [0.1, 0.15) is 5.82 Å². The zero-order valence-corrected chi connectivity index (χ0v) is 13.1. The number of aryl methyl sites for hydroxylation is 5. The van der Waals surface area contributed by atoms with Crippen molar-refractivity contribution in [1.82, 2.24) is 19.6 Å². The molecule has 5 heteroatoms. The highest BCUT2D eigenvalue weighted by atomic mass is 35.5. The van der Waals surface area contributed by atoms with E-state index in [2.05, 4.69) is 46.4 Å². The second-order valence-electron chi connectivity index (χ2n) is 5.33. The predicted octanol–water partition coefficient (Wildman–Crippen LogP) is 3.49. The highest BCUT2D eigenvalue weighted by molar-refractivity contribution is 6.32. The molecule has 0 radical (unpaired) electrons. The van der Waals surface area contributed by atoms with Gasteiger partial charge in [0.2, 0.25) is 0 Å². The second-order valence-corrected chi connectivity index (χ2v) is 5.69. The van der Waals surface area contributed by atoms with E-state index in [4.69, 9.17) is 11.6 Å². The molecule has 0 fully saturated rings. The molecule has 0 saturated heterocycles. The largest absolute Gasteiger partial charge is 0.279 e. The minimum atomic E-state index is 0.409. The Labute approximate surface area is 128 Å². The first kappa shape index (κ1) is 14.0. The van der Waals surface area contributed by atoms with Gasteiger partial charge >= 0.3 is 0 Å². The molecule has 3 rings (SSSR count). The summed E-state index contributed by atoms with van der Waals surface area (Å²) in [6.07, 6.45) is 1.75. The highest BCUT2D eigenvalue weighted by Gasteiger charge is 2.13. The summed E-state index contributed by atoms with van der Waals surface area (Å²) in [6.45, 7) is 6.06. The van der Waals surface area contributed by atoms with Crippen molar-refractivity contribution in [2.75, 3.05) is 0 Å². The van der Waals surface area contributed by atoms with E-state index in [1.165, 1.54) is 11.1 Å². The predicted molar refractivity (Wildman–Crippen MR) is 83.9 cm³/mol. The van der Waals surface area contributed by atoms with Crippen LogP contribution in [0.25, 0.3) is 5.65 Å². The number of nitrogens with zero attached hydrogens (tertiary/aromatic N) is 4. The Kier molecular flexibility index (Phi) is 3.64. The molecule has 0 aliphatic heterocycles. The lowest BCUT2D eigenvalue weighted by molar-refractivity contribution is 0.821. The molecule has 21 heavy (non-hydrogen) atoms. The molecule has 3 aromatic rings. The first-order valence-electron chi connectivity index (χ1n) is 6.98. The van der Waals surface area contributed by atoms with Crippen LogP contribution in [0.2, 0.25) is 5.15 Å². The van der Waals surface area contributed by atoms with Crippen LogP contribution in [-0.4, -0.2) is 19.6 Å². The van der Waals surface area contributed by atoms with E-state index < -0.39 is 0 Å². The van der Waals surface area contributed by atoms with E-state index in [1.807, 2.05) is 18.2 Å². The third-order valence-electron chi connectivity index (χ3n) is 3.80. The molecule has 0 atom stereocenters. The molecule has 0 N–H and O–H groups in total. The topological polar surface area (TPSA) is 43.1 Å². The van der Waals surface area contributed by atoms with Crippen molar-refractivity contribution in [3.63, 3.8) is 0 Å². The standard InChI is InChI=1S/C16H17ClN4/c1-10-4-6-13(7-5-10)8-9-14-19-20-16-15(17)18-11(2)12(3)21(14)16/h4-7H,8-9H2,1-3H3. The molecule has 0 aliphatic carbocycles. The van der Waals surface area contributed by atoms with E-state index in [1.54, 1.807) is 0 Å². The summed E-state index contributed by atoms with van der Waals surface area (Å²) in [5, 5.41) is 8.85. The van der Waals surface area contributed by atoms with Crippen LogP contribution in [0.1, 0.15) is 28.3 Å². The van der Waals surface area contributed by atoms with Gasteiger partial charge < -0.3 is 0 Å². The first-order valence-corrected chi connectivity index (χ1v) is 7.36. The van der Waals surface area contributed by atoms with Crippen LogP contribution in [0.3, 0.4) is 0 Å². The summed E-state index contributed by atoms with van der Waals surface area (Å²) in [7, 11) is 0. The van der Waals surface area contributed by atoms with Crippen LogP contribution in [0.5, 0.6) is 0 Å². The Morgan fingerprint density at radius 2 is 1.71 bits per heavy atom. The van der Waals surface area contributed by atoms with Crippen LogP contribution in [0, 0.1) is 20.8 Å². The van der Waals surface area contributed by atoms with Crippen molar-refractivity contribution in [3.8, 4) is 0 Å². The molecule has 2 aromatic heterocycles. The van der Waals surface area contributed by atoms with Gasteiger partial charge in [0.25, 0.3) is 0 Å². The molecule has 4 nitrogen and oxygen atoms in total. The second kappa shape index (κ2) is 5.45. The molecule has 1 aromatic carbocycles. The number of hydrogen-bond acceptors (Lipinski definition) is 3. The molecule has 0 aliphatic rings. The number of rotatable bonds is 3. The van der Waals surface area contributed by atoms with Crippen molar-refractivity contribution in [3.05, 3.63) is 57.8 Å². The van der Waals surface area contributed by atoms with Crippen molar-refractivity contribution in [2.24, 2.45) is 0 Å². The number of hydrogen-bond donors (Lipinski definition) is 0. The van der Waals surface area contributed by atoms with Crippen molar-refractivity contribution in [2.45, 2.75) is 33.6 Å². The van der Waals surface area contributed by atoms with E-state index in [-0.39, 0.29) is 0 Å². The number of aromatic nitrogens is 4. The molecule has 0 saturated carbocycles. The maximum absolute atomic E-state index is 6.15. The lowest BCUT2D eigenvalue weighted by Crippen LogP contribution is -2.04. The fourth-order valence-electron chi connectivity index (χ4n) is 2.42. The van der Waals surface area contributed by atoms with Crippen molar-refractivity contribution >= 4 is 17.2 Å². The van der Waals surface area contributed by atoms with Gasteiger partial charge in [-0.15, -0.1) is 10.2 Å². The van der Waals surface area contributed by atoms with Crippen LogP contribution >= 0.6 is 11.6 Å². The average molecular weight is 301 g/mol. The SMILES string of the molecule is Cc1ccc(CCc2nnc3c(Cl)nc(C)c(C)n23)cc1. The number of benzene rings is 1. The molecule has 0 unspecified atom stereocenters. The van der Waals surface area contributed by atoms with Crippen molar-refractivity contribution in [1.29, 1.82) is 0 Å². The normalized spacial score (nSPS) is 11.2. The minimum Gasteiger partial charge on any atom is -0.279 e. The van der Waals surface area contributed by atoms with Gasteiger partial charge in [0.05, 0.1) is 5.69 Å². The first-order chi connectivity index (χ1) is 10.1. The Morgan fingerprint density at radius 3 is 2.43 bits per heavy atom. The minimum absolute atomic E-state index is 0.409. The fourth-order valence-corrected chi connectivity index (χ4v) is 2.66. The summed E-state index contributed by atoms with van der Waals surface area (Å²) in [5.41, 5.74) is 5.16. The van der Waals surface area contributed by atoms with E-state index in [0.717, 1.165) is 30.1 Å². The Bertz CT molecular complexity index is 790. The zero-order valence-electron chi connectivity index (χ0n) is 12.4. The summed E-state index contributed by atoms with van der Waals surface area (Å²) >= 11 is 6.15. The van der Waals surface area contributed by atoms with Gasteiger partial charge in [-0.3, -0.25) is 4.40 Å². The number of fused-ring (bicyclic) bond motifs is 1. The molecule has 0 bridgehead atoms. The van der Waals surface area contributed by atoms with E-state index >= 15 is 0 Å². The number of halogens is 1.